The summed E-state index contributed by atoms with van der Waals surface area (Å²) < 4.78 is 16.7. The largest absolute Gasteiger partial charge is 0.371 e. The van der Waals surface area contributed by atoms with Gasteiger partial charge in [0.1, 0.15) is 5.69 Å². The number of nitrogens with two attached hydrogens (primary N) is 1. The van der Waals surface area contributed by atoms with Crippen LogP contribution in [0.15, 0.2) is 48.5 Å². The first-order valence-electron chi connectivity index (χ1n) is 11.2. The molecule has 168 valence electrons. The van der Waals surface area contributed by atoms with E-state index in [2.05, 4.69) is 16.1 Å². The van der Waals surface area contributed by atoms with Gasteiger partial charge in [-0.05, 0) is 55.7 Å². The molecule has 8 heteroatoms. The van der Waals surface area contributed by atoms with E-state index in [1.54, 1.807) is 41.3 Å². The highest BCUT2D eigenvalue weighted by atomic mass is 19.1. The molecule has 3 aromatic rings. The fourth-order valence-electron chi connectivity index (χ4n) is 4.39. The minimum Gasteiger partial charge on any atom is -0.371 e. The number of carbonyl (C=O) groups excluding carboxylic acids is 1. The number of nitrogens with zero attached hydrogens (tertiary/aromatic N) is 5. The van der Waals surface area contributed by atoms with E-state index >= 15 is 4.39 Å². The summed E-state index contributed by atoms with van der Waals surface area (Å²) in [6.07, 6.45) is 2.85. The molecule has 1 aromatic heterocycles. The molecule has 1 atom stereocenters. The zero-order valence-electron chi connectivity index (χ0n) is 18.2. The Labute approximate surface area is 191 Å². The number of carbonyl (C=O) groups is 1. The fourth-order valence-corrected chi connectivity index (χ4v) is 4.39. The highest BCUT2D eigenvalue weighted by Crippen LogP contribution is 2.29. The third kappa shape index (κ3) is 4.08. The molecule has 2 fully saturated rings. The SMILES string of the molecule is N#Cc1ccc(-c2cc(C(=O)N3CCC[C@@H](N)C3)nn2-c2ccc(N3CCC3)cc2F)cc1. The molecular weight excluding hydrogens is 419 g/mol. The van der Waals surface area contributed by atoms with Gasteiger partial charge in [-0.2, -0.15) is 10.4 Å². The topological polar surface area (TPSA) is 91.2 Å². The monoisotopic (exact) mass is 444 g/mol. The number of amides is 1. The van der Waals surface area contributed by atoms with Crippen molar-refractivity contribution in [2.45, 2.75) is 25.3 Å². The molecule has 3 heterocycles. The number of aromatic nitrogens is 2. The lowest BCUT2D eigenvalue weighted by Gasteiger charge is -2.33. The maximum absolute atomic E-state index is 15.2. The predicted molar refractivity (Wildman–Crippen MR) is 124 cm³/mol. The lowest BCUT2D eigenvalue weighted by molar-refractivity contribution is 0.0702. The van der Waals surface area contributed by atoms with Crippen LogP contribution in [0, 0.1) is 17.1 Å². The molecule has 7 nitrogen and oxygen atoms in total. The third-order valence-corrected chi connectivity index (χ3v) is 6.36. The summed E-state index contributed by atoms with van der Waals surface area (Å²) in [6, 6.07) is 15.8. The molecule has 0 spiro atoms. The van der Waals surface area contributed by atoms with Crippen LogP contribution >= 0.6 is 0 Å². The number of hydrogen-bond donors (Lipinski definition) is 1. The molecule has 2 aromatic carbocycles. The van der Waals surface area contributed by atoms with Gasteiger partial charge in [-0.3, -0.25) is 4.79 Å². The van der Waals surface area contributed by atoms with Crippen molar-refractivity contribution in [1.82, 2.24) is 14.7 Å². The number of likely N-dealkylation sites (tertiary alicyclic amines) is 1. The summed E-state index contributed by atoms with van der Waals surface area (Å²) in [6.45, 7) is 2.96. The highest BCUT2D eigenvalue weighted by molar-refractivity contribution is 5.93. The minimum atomic E-state index is -0.406. The summed E-state index contributed by atoms with van der Waals surface area (Å²) >= 11 is 0. The van der Waals surface area contributed by atoms with Gasteiger partial charge in [0.05, 0.1) is 17.3 Å². The molecule has 5 rings (SSSR count). The van der Waals surface area contributed by atoms with E-state index in [9.17, 15) is 4.79 Å². The lowest BCUT2D eigenvalue weighted by atomic mass is 10.1. The van der Waals surface area contributed by atoms with Crippen LogP contribution in [0.1, 0.15) is 35.3 Å². The summed E-state index contributed by atoms with van der Waals surface area (Å²) in [4.78, 5) is 17.0. The van der Waals surface area contributed by atoms with Crippen molar-refractivity contribution in [1.29, 1.82) is 5.26 Å². The molecule has 0 saturated carbocycles. The van der Waals surface area contributed by atoms with Gasteiger partial charge in [0.2, 0.25) is 0 Å². The predicted octanol–water partition coefficient (Wildman–Crippen LogP) is 3.32. The number of halogens is 1. The Morgan fingerprint density at radius 3 is 2.52 bits per heavy atom. The van der Waals surface area contributed by atoms with Gasteiger partial charge in [0, 0.05) is 43.5 Å². The van der Waals surface area contributed by atoms with Gasteiger partial charge in [-0.15, -0.1) is 0 Å². The number of nitriles is 1. The van der Waals surface area contributed by atoms with Crippen LogP contribution in [0.3, 0.4) is 0 Å². The van der Waals surface area contributed by atoms with Crippen molar-refractivity contribution in [2.75, 3.05) is 31.1 Å². The maximum atomic E-state index is 15.2. The van der Waals surface area contributed by atoms with Gasteiger partial charge >= 0.3 is 0 Å². The van der Waals surface area contributed by atoms with E-state index in [0.29, 0.717) is 24.3 Å². The van der Waals surface area contributed by atoms with Crippen molar-refractivity contribution >= 4 is 11.6 Å². The molecule has 0 bridgehead atoms. The molecular formula is C25H25FN6O. The van der Waals surface area contributed by atoms with Gasteiger partial charge < -0.3 is 15.5 Å². The number of benzene rings is 2. The van der Waals surface area contributed by atoms with Crippen LogP contribution in [-0.4, -0.2) is 52.8 Å². The average Bonchev–Trinajstić information content (AvgIpc) is 3.22. The van der Waals surface area contributed by atoms with E-state index in [1.165, 1.54) is 10.7 Å². The molecule has 0 radical (unpaired) electrons. The molecule has 33 heavy (non-hydrogen) atoms. The third-order valence-electron chi connectivity index (χ3n) is 6.36. The second-order valence-corrected chi connectivity index (χ2v) is 8.65. The van der Waals surface area contributed by atoms with E-state index in [-0.39, 0.29) is 23.3 Å². The van der Waals surface area contributed by atoms with Gasteiger partial charge in [-0.1, -0.05) is 12.1 Å². The Bertz CT molecular complexity index is 1220. The summed E-state index contributed by atoms with van der Waals surface area (Å²) in [5.41, 5.74) is 9.26. The number of rotatable bonds is 4. The Balaban J connectivity index is 1.56. The Morgan fingerprint density at radius 2 is 1.88 bits per heavy atom. The quantitative estimate of drug-likeness (QED) is 0.667. The van der Waals surface area contributed by atoms with Crippen molar-refractivity contribution in [3.05, 3.63) is 65.6 Å². The van der Waals surface area contributed by atoms with Crippen LogP contribution in [0.2, 0.25) is 0 Å². The molecule has 1 amide bonds. The van der Waals surface area contributed by atoms with E-state index in [0.717, 1.165) is 43.6 Å². The minimum absolute atomic E-state index is 0.0470. The van der Waals surface area contributed by atoms with E-state index < -0.39 is 5.82 Å². The Morgan fingerprint density at radius 1 is 1.09 bits per heavy atom. The molecule has 0 aliphatic carbocycles. The Kier molecular flexibility index (Phi) is 5.56. The van der Waals surface area contributed by atoms with Crippen molar-refractivity contribution in [3.8, 4) is 23.0 Å². The lowest BCUT2D eigenvalue weighted by Crippen LogP contribution is -2.45. The highest BCUT2D eigenvalue weighted by Gasteiger charge is 2.26. The smallest absolute Gasteiger partial charge is 0.274 e. The zero-order valence-corrected chi connectivity index (χ0v) is 18.2. The first-order valence-corrected chi connectivity index (χ1v) is 11.2. The average molecular weight is 445 g/mol. The second-order valence-electron chi connectivity index (χ2n) is 8.65. The number of anilines is 1. The van der Waals surface area contributed by atoms with E-state index in [4.69, 9.17) is 11.0 Å². The summed E-state index contributed by atoms with van der Waals surface area (Å²) in [5, 5.41) is 13.7. The van der Waals surface area contributed by atoms with Crippen molar-refractivity contribution in [3.63, 3.8) is 0 Å². The standard InChI is InChI=1S/C25H25FN6O/c26-21-13-20(30-11-2-12-30)8-9-23(21)32-24(18-6-4-17(15-27)5-7-18)14-22(29-32)25(33)31-10-1-3-19(28)16-31/h4-9,13-14,19H,1-3,10-12,16,28H2/t19-/m1/s1. The van der Waals surface area contributed by atoms with Crippen LogP contribution in [0.4, 0.5) is 10.1 Å². The molecule has 2 saturated heterocycles. The summed E-state index contributed by atoms with van der Waals surface area (Å²) in [7, 11) is 0. The van der Waals surface area contributed by atoms with Gasteiger partial charge in [0.15, 0.2) is 11.5 Å². The Hall–Kier alpha value is -3.70. The van der Waals surface area contributed by atoms with E-state index in [1.807, 2.05) is 6.07 Å². The fraction of sp³-hybridized carbons (Fsp3) is 0.320. The molecule has 2 aliphatic heterocycles. The zero-order chi connectivity index (χ0) is 22.9. The van der Waals surface area contributed by atoms with Crippen molar-refractivity contribution < 1.29 is 9.18 Å². The second kappa shape index (κ2) is 8.68. The molecule has 0 unspecified atom stereocenters. The van der Waals surface area contributed by atoms with Gasteiger partial charge in [0.25, 0.3) is 5.91 Å². The maximum Gasteiger partial charge on any atom is 0.274 e. The van der Waals surface area contributed by atoms with Gasteiger partial charge in [-0.25, -0.2) is 9.07 Å². The van der Waals surface area contributed by atoms with Crippen LogP contribution in [0.5, 0.6) is 0 Å². The number of hydrogen-bond acceptors (Lipinski definition) is 5. The first-order chi connectivity index (χ1) is 16.0. The normalized spacial score (nSPS) is 18.0. The van der Waals surface area contributed by atoms with Crippen LogP contribution < -0.4 is 10.6 Å². The van der Waals surface area contributed by atoms with Crippen LogP contribution in [0.25, 0.3) is 16.9 Å². The van der Waals surface area contributed by atoms with Crippen LogP contribution in [-0.2, 0) is 0 Å². The van der Waals surface area contributed by atoms with Crippen molar-refractivity contribution in [2.24, 2.45) is 5.73 Å². The number of piperidine rings is 1. The molecule has 2 aliphatic rings. The summed E-state index contributed by atoms with van der Waals surface area (Å²) in [5.74, 6) is -0.618. The molecule has 2 N–H and O–H groups in total. The first kappa shape index (κ1) is 21.2.